The molecule has 1 unspecified atom stereocenters. The number of hydrogen-bond acceptors (Lipinski definition) is 4. The first kappa shape index (κ1) is 16.2. The van der Waals surface area contributed by atoms with Crippen LogP contribution in [0.4, 0.5) is 0 Å². The molecule has 19 heavy (non-hydrogen) atoms. The maximum absolute atomic E-state index is 11.9. The van der Waals surface area contributed by atoms with E-state index in [1.54, 1.807) is 0 Å². The molecule has 1 atom stereocenters. The lowest BCUT2D eigenvalue weighted by Crippen LogP contribution is -2.33. The molecule has 1 aromatic rings. The minimum atomic E-state index is -3.27. The van der Waals surface area contributed by atoms with Gasteiger partial charge in [-0.1, -0.05) is 6.92 Å². The van der Waals surface area contributed by atoms with Crippen LogP contribution in [0.1, 0.15) is 43.4 Å². The lowest BCUT2D eigenvalue weighted by Gasteiger charge is -2.13. The average molecular weight is 288 g/mol. The number of nitrogens with one attached hydrogen (secondary N) is 2. The molecule has 0 aliphatic rings. The van der Waals surface area contributed by atoms with Gasteiger partial charge in [0.1, 0.15) is 11.5 Å². The Kier molecular flexibility index (Phi) is 6.03. The Morgan fingerprint density at radius 2 is 2.00 bits per heavy atom. The molecule has 0 saturated carbocycles. The van der Waals surface area contributed by atoms with E-state index in [0.717, 1.165) is 30.0 Å². The van der Waals surface area contributed by atoms with Gasteiger partial charge in [-0.05, 0) is 39.8 Å². The van der Waals surface area contributed by atoms with E-state index >= 15 is 0 Å². The van der Waals surface area contributed by atoms with Crippen molar-refractivity contribution in [2.75, 3.05) is 18.8 Å². The summed E-state index contributed by atoms with van der Waals surface area (Å²) >= 11 is 0. The molecule has 0 spiro atoms. The zero-order valence-corrected chi connectivity index (χ0v) is 12.9. The Morgan fingerprint density at radius 1 is 1.32 bits per heavy atom. The van der Waals surface area contributed by atoms with Crippen LogP contribution in [0.15, 0.2) is 10.5 Å². The molecule has 0 radical (unpaired) electrons. The predicted octanol–water partition coefficient (Wildman–Crippen LogP) is 1.88. The molecule has 0 aliphatic heterocycles. The number of rotatable bonds is 8. The summed E-state index contributed by atoms with van der Waals surface area (Å²) in [7, 11) is -3.27. The lowest BCUT2D eigenvalue weighted by atomic mass is 10.1. The van der Waals surface area contributed by atoms with Gasteiger partial charge in [-0.15, -0.1) is 0 Å². The molecular weight excluding hydrogens is 264 g/mol. The summed E-state index contributed by atoms with van der Waals surface area (Å²) in [4.78, 5) is 0. The maximum atomic E-state index is 11.9. The van der Waals surface area contributed by atoms with Gasteiger partial charge in [-0.2, -0.15) is 0 Å². The second-order valence-corrected chi connectivity index (χ2v) is 6.65. The molecule has 1 rings (SSSR count). The lowest BCUT2D eigenvalue weighted by molar-refractivity contribution is 0.496. The van der Waals surface area contributed by atoms with Crippen LogP contribution in [0.25, 0.3) is 0 Å². The smallest absolute Gasteiger partial charge is 0.213 e. The zero-order valence-electron chi connectivity index (χ0n) is 12.1. The summed E-state index contributed by atoms with van der Waals surface area (Å²) in [6.07, 6.45) is 0.997. The molecular formula is C13H24N2O3S. The maximum Gasteiger partial charge on any atom is 0.213 e. The van der Waals surface area contributed by atoms with E-state index in [1.807, 2.05) is 33.8 Å². The molecule has 0 aliphatic carbocycles. The molecule has 0 amide bonds. The third kappa shape index (κ3) is 5.34. The summed E-state index contributed by atoms with van der Waals surface area (Å²) < 4.78 is 31.9. The van der Waals surface area contributed by atoms with Gasteiger partial charge >= 0.3 is 0 Å². The molecule has 6 heteroatoms. The minimum absolute atomic E-state index is 0.0905. The highest BCUT2D eigenvalue weighted by Crippen LogP contribution is 2.21. The highest BCUT2D eigenvalue weighted by Gasteiger charge is 2.18. The fourth-order valence-corrected chi connectivity index (χ4v) is 3.18. The quantitative estimate of drug-likeness (QED) is 0.716. The van der Waals surface area contributed by atoms with Crippen LogP contribution in [0, 0.1) is 13.8 Å². The van der Waals surface area contributed by atoms with E-state index in [-0.39, 0.29) is 11.8 Å². The van der Waals surface area contributed by atoms with Gasteiger partial charge in [-0.25, -0.2) is 13.1 Å². The Labute approximate surface area is 115 Å². The summed E-state index contributed by atoms with van der Waals surface area (Å²) in [5.74, 6) is 1.65. The zero-order chi connectivity index (χ0) is 14.5. The SMILES string of the molecule is CCCNCCS(=O)(=O)NC(C)c1cc(C)oc1C. The van der Waals surface area contributed by atoms with Crippen molar-refractivity contribution in [2.45, 2.75) is 40.2 Å². The fraction of sp³-hybridized carbons (Fsp3) is 0.692. The van der Waals surface area contributed by atoms with Crippen LogP contribution >= 0.6 is 0 Å². The van der Waals surface area contributed by atoms with Crippen LogP contribution in [0.3, 0.4) is 0 Å². The summed E-state index contributed by atoms with van der Waals surface area (Å²) in [6, 6.07) is 1.60. The van der Waals surface area contributed by atoms with Crippen LogP contribution in [-0.4, -0.2) is 27.3 Å². The summed E-state index contributed by atoms with van der Waals surface area (Å²) in [6.45, 7) is 8.88. The van der Waals surface area contributed by atoms with E-state index in [9.17, 15) is 8.42 Å². The third-order valence-electron chi connectivity index (χ3n) is 2.88. The molecule has 110 valence electrons. The molecule has 2 N–H and O–H groups in total. The monoisotopic (exact) mass is 288 g/mol. The molecule has 0 aromatic carbocycles. The fourth-order valence-electron chi connectivity index (χ4n) is 1.98. The van der Waals surface area contributed by atoms with E-state index in [0.29, 0.717) is 6.54 Å². The summed E-state index contributed by atoms with van der Waals surface area (Å²) in [5, 5.41) is 3.08. The van der Waals surface area contributed by atoms with E-state index in [4.69, 9.17) is 4.42 Å². The first-order valence-corrected chi connectivity index (χ1v) is 8.28. The predicted molar refractivity (Wildman–Crippen MR) is 76.7 cm³/mol. The highest BCUT2D eigenvalue weighted by atomic mass is 32.2. The molecule has 1 aromatic heterocycles. The number of aryl methyl sites for hydroxylation is 2. The second kappa shape index (κ2) is 7.07. The molecule has 5 nitrogen and oxygen atoms in total. The number of hydrogen-bond donors (Lipinski definition) is 2. The third-order valence-corrected chi connectivity index (χ3v) is 4.33. The molecule has 0 saturated heterocycles. The van der Waals surface area contributed by atoms with Crippen molar-refractivity contribution in [3.05, 3.63) is 23.2 Å². The van der Waals surface area contributed by atoms with Crippen LogP contribution in [0.5, 0.6) is 0 Å². The van der Waals surface area contributed by atoms with Gasteiger partial charge < -0.3 is 9.73 Å². The first-order valence-electron chi connectivity index (χ1n) is 6.63. The molecule has 1 heterocycles. The van der Waals surface area contributed by atoms with E-state index in [2.05, 4.69) is 10.0 Å². The van der Waals surface area contributed by atoms with Gasteiger partial charge in [-0.3, -0.25) is 0 Å². The normalized spacial score (nSPS) is 13.7. The van der Waals surface area contributed by atoms with Gasteiger partial charge in [0.25, 0.3) is 0 Å². The van der Waals surface area contributed by atoms with Crippen molar-refractivity contribution in [3.8, 4) is 0 Å². The Morgan fingerprint density at radius 3 is 2.53 bits per heavy atom. The first-order chi connectivity index (χ1) is 8.85. The minimum Gasteiger partial charge on any atom is -0.466 e. The summed E-state index contributed by atoms with van der Waals surface area (Å²) in [5.41, 5.74) is 0.891. The van der Waals surface area contributed by atoms with Crippen molar-refractivity contribution < 1.29 is 12.8 Å². The number of furan rings is 1. The van der Waals surface area contributed by atoms with Crippen LogP contribution in [-0.2, 0) is 10.0 Å². The van der Waals surface area contributed by atoms with E-state index in [1.165, 1.54) is 0 Å². The van der Waals surface area contributed by atoms with Gasteiger partial charge in [0.2, 0.25) is 10.0 Å². The standard InChI is InChI=1S/C13H24N2O3S/c1-5-6-14-7-8-19(16,17)15-11(3)13-9-10(2)18-12(13)4/h9,11,14-15H,5-8H2,1-4H3. The van der Waals surface area contributed by atoms with Gasteiger partial charge in [0.15, 0.2) is 0 Å². The van der Waals surface area contributed by atoms with Crippen molar-refractivity contribution in [2.24, 2.45) is 0 Å². The van der Waals surface area contributed by atoms with Crippen LogP contribution in [0.2, 0.25) is 0 Å². The molecule has 0 bridgehead atoms. The Hall–Kier alpha value is -0.850. The highest BCUT2D eigenvalue weighted by molar-refractivity contribution is 7.89. The average Bonchev–Trinajstić information content (AvgIpc) is 2.63. The van der Waals surface area contributed by atoms with Crippen LogP contribution < -0.4 is 10.0 Å². The molecule has 0 fully saturated rings. The Bertz CT molecular complexity index is 494. The van der Waals surface area contributed by atoms with Crippen molar-refractivity contribution in [1.82, 2.24) is 10.0 Å². The largest absolute Gasteiger partial charge is 0.466 e. The van der Waals surface area contributed by atoms with Gasteiger partial charge in [0.05, 0.1) is 5.75 Å². The second-order valence-electron chi connectivity index (χ2n) is 4.78. The van der Waals surface area contributed by atoms with Crippen molar-refractivity contribution in [3.63, 3.8) is 0 Å². The Balaban J connectivity index is 2.55. The van der Waals surface area contributed by atoms with Crippen molar-refractivity contribution >= 4 is 10.0 Å². The van der Waals surface area contributed by atoms with Crippen molar-refractivity contribution in [1.29, 1.82) is 0 Å². The number of sulfonamides is 1. The topological polar surface area (TPSA) is 71.3 Å². The van der Waals surface area contributed by atoms with E-state index < -0.39 is 10.0 Å². The van der Waals surface area contributed by atoms with Gasteiger partial charge in [0, 0.05) is 18.2 Å².